The first kappa shape index (κ1) is 46.2. The van der Waals surface area contributed by atoms with E-state index in [1.807, 2.05) is 13.8 Å². The molecule has 0 fully saturated rings. The molecule has 0 aromatic carbocycles. The summed E-state index contributed by atoms with van der Waals surface area (Å²) < 4.78 is 42.4. The van der Waals surface area contributed by atoms with E-state index in [1.165, 1.54) is 34.1 Å². The average Bonchev–Trinajstić information content (AvgIpc) is 2.91. The molecule has 0 aromatic rings. The van der Waals surface area contributed by atoms with E-state index in [4.69, 9.17) is 67.3 Å². The highest BCUT2D eigenvalue weighted by Gasteiger charge is 2.30. The Balaban J connectivity index is 5.59. The van der Waals surface area contributed by atoms with Crippen LogP contribution < -0.4 is 0 Å². The van der Waals surface area contributed by atoms with Crippen LogP contribution in [-0.2, 0) is 72.1 Å². The molecule has 17 heteroatoms. The van der Waals surface area contributed by atoms with E-state index >= 15 is 0 Å². The van der Waals surface area contributed by atoms with Crippen molar-refractivity contribution < 1.29 is 36.7 Å². The summed E-state index contributed by atoms with van der Waals surface area (Å²) >= 11 is 22.1. The summed E-state index contributed by atoms with van der Waals surface area (Å²) in [6.45, 7) is 24.9. The highest BCUT2D eigenvalue weighted by atomic mass is 32.9. The Hall–Kier alpha value is 2.23. The third-order valence-corrected chi connectivity index (χ3v) is 21.0. The third kappa shape index (κ3) is 24.4. The molecule has 0 N–H and O–H groups in total. The summed E-state index contributed by atoms with van der Waals surface area (Å²) in [6, 6.07) is 0. The minimum absolute atomic E-state index is 0.218. The van der Waals surface area contributed by atoms with Crippen molar-refractivity contribution in [2.75, 3.05) is 50.3 Å². The first-order valence-electron chi connectivity index (χ1n) is 15.2. The summed E-state index contributed by atoms with van der Waals surface area (Å²) in [5, 5.41) is 0. The van der Waals surface area contributed by atoms with Crippen molar-refractivity contribution in [2.24, 2.45) is 23.7 Å². The predicted octanol–water partition coefficient (Wildman–Crippen LogP) is 10.3. The Morgan fingerprint density at radius 1 is 0.591 bits per heavy atom. The van der Waals surface area contributed by atoms with E-state index in [0.29, 0.717) is 74.0 Å². The molecule has 0 spiro atoms. The zero-order valence-electron chi connectivity index (χ0n) is 28.4. The zero-order valence-corrected chi connectivity index (χ0v) is 36.0. The predicted molar refractivity (Wildman–Crippen MR) is 206 cm³/mol. The van der Waals surface area contributed by atoms with E-state index < -0.39 is 17.1 Å². The fourth-order valence-electron chi connectivity index (χ4n) is 2.64. The second kappa shape index (κ2) is 24.4. The molecule has 0 amide bonds. The second-order valence-corrected chi connectivity index (χ2v) is 31.0. The minimum Gasteiger partial charge on any atom is -0.466 e. The molecule has 0 aliphatic carbocycles. The minimum atomic E-state index is -2.89. The molecule has 0 rings (SSSR count). The molecule has 8 nitrogen and oxygen atoms in total. The van der Waals surface area contributed by atoms with Gasteiger partial charge in [0.25, 0.3) is 0 Å². The van der Waals surface area contributed by atoms with Crippen LogP contribution in [0.25, 0.3) is 0 Å². The van der Waals surface area contributed by atoms with Gasteiger partial charge >= 0.3 is 5.97 Å². The van der Waals surface area contributed by atoms with Gasteiger partial charge in [0.1, 0.15) is 0 Å². The molecule has 2 unspecified atom stereocenters. The Morgan fingerprint density at radius 3 is 1.23 bits per heavy atom. The van der Waals surface area contributed by atoms with Crippen LogP contribution in [0, 0.1) is 23.7 Å². The van der Waals surface area contributed by atoms with E-state index in [0.717, 1.165) is 0 Å². The van der Waals surface area contributed by atoms with Crippen molar-refractivity contribution in [1.29, 1.82) is 0 Å². The number of carbonyl (C=O) groups is 1. The van der Waals surface area contributed by atoms with Gasteiger partial charge in [-0.3, -0.25) is 4.79 Å². The van der Waals surface area contributed by atoms with Crippen LogP contribution in [0.5, 0.6) is 0 Å². The normalized spacial score (nSPS) is 15.7. The van der Waals surface area contributed by atoms with E-state index in [-0.39, 0.29) is 24.6 Å². The maximum Gasteiger partial charge on any atom is 0.306 e. The Labute approximate surface area is 296 Å². The Kier molecular flexibility index (Phi) is 25.6. The van der Waals surface area contributed by atoms with Gasteiger partial charge in [-0.1, -0.05) is 89.5 Å². The second-order valence-electron chi connectivity index (χ2n) is 11.9. The molecule has 264 valence electrons. The lowest BCUT2D eigenvalue weighted by molar-refractivity contribution is -0.142. The molecule has 0 aliphatic rings. The average molecular weight is 795 g/mol. The van der Waals surface area contributed by atoms with Crippen LogP contribution >= 0.6 is 51.2 Å². The van der Waals surface area contributed by atoms with Crippen molar-refractivity contribution in [3.8, 4) is 0 Å². The van der Waals surface area contributed by atoms with Crippen LogP contribution in [-0.4, -0.2) is 68.5 Å². The highest BCUT2D eigenvalue weighted by molar-refractivity contribution is 8.68. The van der Waals surface area contributed by atoms with Crippen molar-refractivity contribution in [1.82, 2.24) is 0 Å². The molecule has 0 saturated carbocycles. The lowest BCUT2D eigenvalue weighted by atomic mass is 10.2. The van der Waals surface area contributed by atoms with Gasteiger partial charge in [0, 0.05) is 17.3 Å². The van der Waals surface area contributed by atoms with Crippen molar-refractivity contribution in [3.05, 3.63) is 0 Å². The Morgan fingerprint density at radius 2 is 0.932 bits per heavy atom. The summed E-state index contributed by atoms with van der Waals surface area (Å²) in [6.07, 6.45) is -0.360. The van der Waals surface area contributed by atoms with Gasteiger partial charge in [0.05, 0.1) is 51.7 Å². The van der Waals surface area contributed by atoms with Crippen LogP contribution in [0.1, 0.15) is 82.6 Å². The van der Waals surface area contributed by atoms with Gasteiger partial charge in [0.15, 0.2) is 0 Å². The molecule has 0 heterocycles. The molecule has 0 aromatic heterocycles. The quantitative estimate of drug-likeness (QED) is 0.0584. The smallest absolute Gasteiger partial charge is 0.306 e. The molecule has 0 saturated heterocycles. The molecule has 0 radical (unpaired) electrons. The largest absolute Gasteiger partial charge is 0.466 e. The fraction of sp³-hybridized carbons (Fsp3) is 0.963. The summed E-state index contributed by atoms with van der Waals surface area (Å²) in [4.78, 5) is 12.0. The van der Waals surface area contributed by atoms with Gasteiger partial charge in [-0.25, -0.2) is 0 Å². The highest BCUT2D eigenvalue weighted by Crippen LogP contribution is 2.66. The van der Waals surface area contributed by atoms with Crippen LogP contribution in [0.3, 0.4) is 0 Å². The lowest BCUT2D eigenvalue weighted by Crippen LogP contribution is -2.16. The number of carbonyl (C=O) groups excluding carboxylic acids is 1. The molecule has 44 heavy (non-hydrogen) atoms. The lowest BCUT2D eigenvalue weighted by Gasteiger charge is -2.30. The maximum absolute atomic E-state index is 12.0. The molecular formula is C27H57O8P3S6. The number of hydrogen-bond donors (Lipinski definition) is 0. The first-order chi connectivity index (χ1) is 20.3. The van der Waals surface area contributed by atoms with Gasteiger partial charge in [0.2, 0.25) is 17.1 Å². The molecule has 2 atom stereocenters. The van der Waals surface area contributed by atoms with E-state index in [2.05, 4.69) is 55.4 Å². The van der Waals surface area contributed by atoms with E-state index in [1.54, 1.807) is 6.92 Å². The summed E-state index contributed by atoms with van der Waals surface area (Å²) in [5.74, 6) is 2.57. The molecular weight excluding hydrogens is 738 g/mol. The van der Waals surface area contributed by atoms with Crippen molar-refractivity contribution in [2.45, 2.75) is 94.8 Å². The Bertz CT molecular complexity index is 851. The van der Waals surface area contributed by atoms with Gasteiger partial charge in [-0.15, -0.1) is 0 Å². The summed E-state index contributed by atoms with van der Waals surface area (Å²) in [5.41, 5.74) is -8.03. The van der Waals surface area contributed by atoms with Crippen molar-refractivity contribution in [3.63, 3.8) is 0 Å². The van der Waals surface area contributed by atoms with Gasteiger partial charge < -0.3 is 31.9 Å². The van der Waals surface area contributed by atoms with Crippen molar-refractivity contribution >= 4 is 92.6 Å². The van der Waals surface area contributed by atoms with Gasteiger partial charge in [-0.05, 0) is 79.9 Å². The molecule has 0 aliphatic heterocycles. The van der Waals surface area contributed by atoms with Gasteiger partial charge in [-0.2, -0.15) is 0 Å². The monoisotopic (exact) mass is 794 g/mol. The number of esters is 1. The fourth-order valence-corrected chi connectivity index (χ4v) is 17.4. The molecule has 0 bridgehead atoms. The van der Waals surface area contributed by atoms with E-state index in [9.17, 15) is 4.79 Å². The summed E-state index contributed by atoms with van der Waals surface area (Å²) in [7, 11) is 0. The van der Waals surface area contributed by atoms with Crippen LogP contribution in [0.4, 0.5) is 0 Å². The first-order valence-corrected chi connectivity index (χ1v) is 27.9. The standard InChI is InChI=1S/C27H57O8P3S6/c1-12-29-27(28)13-14-42-38(41,34-25(10)19-43-36(39,30-15-21(2)3)31-16-22(4)5)35-26(11)20-44-37(40,32-17-23(6)7)33-18-24(8)9/h21-26H,12-20H2,1-11H3. The third-order valence-electron chi connectivity index (χ3n) is 4.68. The van der Waals surface area contributed by atoms with Crippen LogP contribution in [0.15, 0.2) is 0 Å². The topological polar surface area (TPSA) is 81.7 Å². The number of rotatable bonds is 27. The number of ether oxygens (including phenoxy) is 1. The maximum atomic E-state index is 12.0. The zero-order chi connectivity index (χ0) is 34.0. The van der Waals surface area contributed by atoms with Crippen LogP contribution in [0.2, 0.25) is 0 Å². The SMILES string of the molecule is CCOC(=O)CCSP(=S)(OC(C)CSP(=S)(OCC(C)C)OCC(C)C)OC(C)CSP(=S)(OCC(C)C)OCC(C)C. The number of hydrogen-bond acceptors (Lipinski definition) is 14.